The molecule has 0 saturated carbocycles. The number of para-hydroxylation sites is 2. The Labute approximate surface area is 177 Å². The molecule has 0 aliphatic heterocycles. The Morgan fingerprint density at radius 1 is 0.967 bits per heavy atom. The molecule has 0 saturated heterocycles. The van der Waals surface area contributed by atoms with Crippen LogP contribution in [0.5, 0.6) is 5.75 Å². The minimum Gasteiger partial charge on any atom is -0.497 e. The van der Waals surface area contributed by atoms with Crippen molar-refractivity contribution in [1.29, 1.82) is 0 Å². The van der Waals surface area contributed by atoms with Gasteiger partial charge in [-0.05, 0) is 48.5 Å². The molecule has 4 rings (SSSR count). The van der Waals surface area contributed by atoms with Crippen molar-refractivity contribution < 1.29 is 17.9 Å². The normalized spacial score (nSPS) is 11.2. The molecule has 3 aromatic carbocycles. The maximum Gasteiger partial charge on any atom is 0.261 e. The average Bonchev–Trinajstić information content (AvgIpc) is 3.16. The molecule has 9 heteroatoms. The van der Waals surface area contributed by atoms with Crippen molar-refractivity contribution in [2.75, 3.05) is 17.1 Å². The second-order valence-corrected chi connectivity index (χ2v) is 8.98. The first-order valence-electron chi connectivity index (χ1n) is 8.89. The third-order valence-corrected chi connectivity index (χ3v) is 6.63. The molecule has 0 unspecified atom stereocenters. The zero-order chi connectivity index (χ0) is 21.1. The van der Waals surface area contributed by atoms with Crippen LogP contribution in [0, 0.1) is 0 Å². The number of anilines is 2. The highest BCUT2D eigenvalue weighted by molar-refractivity contribution is 7.92. The van der Waals surface area contributed by atoms with Crippen molar-refractivity contribution in [2.24, 2.45) is 0 Å². The van der Waals surface area contributed by atoms with E-state index in [-0.39, 0.29) is 16.1 Å². The van der Waals surface area contributed by atoms with Gasteiger partial charge in [0.15, 0.2) is 5.13 Å². The summed E-state index contributed by atoms with van der Waals surface area (Å²) in [5.74, 6) is 0.0895. The average molecular weight is 440 g/mol. The van der Waals surface area contributed by atoms with E-state index >= 15 is 0 Å². The summed E-state index contributed by atoms with van der Waals surface area (Å²) in [4.78, 5) is 17.3. The number of nitrogens with one attached hydrogen (secondary N) is 2. The van der Waals surface area contributed by atoms with Gasteiger partial charge in [0, 0.05) is 0 Å². The van der Waals surface area contributed by atoms with Gasteiger partial charge in [-0.15, -0.1) is 0 Å². The first kappa shape index (κ1) is 19.9. The Bertz CT molecular complexity index is 1280. The van der Waals surface area contributed by atoms with Gasteiger partial charge < -0.3 is 4.74 Å². The maximum atomic E-state index is 12.8. The number of aromatic nitrogens is 1. The highest BCUT2D eigenvalue weighted by Gasteiger charge is 2.19. The molecule has 2 N–H and O–H groups in total. The summed E-state index contributed by atoms with van der Waals surface area (Å²) in [6.07, 6.45) is 0. The van der Waals surface area contributed by atoms with E-state index in [9.17, 15) is 13.2 Å². The van der Waals surface area contributed by atoms with Crippen molar-refractivity contribution in [1.82, 2.24) is 4.98 Å². The minimum atomic E-state index is -3.89. The van der Waals surface area contributed by atoms with Crippen LogP contribution in [0.2, 0.25) is 0 Å². The number of thiazole rings is 1. The summed E-state index contributed by atoms with van der Waals surface area (Å²) in [6.45, 7) is 0. The number of sulfonamides is 1. The molecule has 0 spiro atoms. The molecule has 1 amide bonds. The Hall–Kier alpha value is -3.43. The fourth-order valence-corrected chi connectivity index (χ4v) is 4.76. The van der Waals surface area contributed by atoms with Crippen LogP contribution < -0.4 is 14.8 Å². The van der Waals surface area contributed by atoms with Crippen LogP contribution in [-0.2, 0) is 10.0 Å². The van der Waals surface area contributed by atoms with Crippen LogP contribution >= 0.6 is 11.3 Å². The second kappa shape index (κ2) is 8.13. The zero-order valence-electron chi connectivity index (χ0n) is 15.8. The number of benzene rings is 3. The van der Waals surface area contributed by atoms with Crippen molar-refractivity contribution in [3.05, 3.63) is 78.4 Å². The van der Waals surface area contributed by atoms with E-state index < -0.39 is 15.9 Å². The predicted molar refractivity (Wildman–Crippen MR) is 118 cm³/mol. The van der Waals surface area contributed by atoms with E-state index in [1.54, 1.807) is 30.3 Å². The first-order valence-corrected chi connectivity index (χ1v) is 11.2. The number of nitrogens with zero attached hydrogens (tertiary/aromatic N) is 1. The molecule has 0 bridgehead atoms. The van der Waals surface area contributed by atoms with Crippen LogP contribution in [0.1, 0.15) is 10.4 Å². The number of rotatable bonds is 6. The highest BCUT2D eigenvalue weighted by atomic mass is 32.2. The monoisotopic (exact) mass is 439 g/mol. The lowest BCUT2D eigenvalue weighted by molar-refractivity contribution is 0.102. The molecule has 0 atom stereocenters. The summed E-state index contributed by atoms with van der Waals surface area (Å²) < 4.78 is 34.0. The number of carbonyl (C=O) groups is 1. The molecular weight excluding hydrogens is 422 g/mol. The molecule has 0 aliphatic carbocycles. The number of hydrogen-bond acceptors (Lipinski definition) is 6. The Kier molecular flexibility index (Phi) is 5.39. The van der Waals surface area contributed by atoms with Crippen LogP contribution in [0.25, 0.3) is 10.2 Å². The second-order valence-electron chi connectivity index (χ2n) is 6.27. The largest absolute Gasteiger partial charge is 0.497 e. The SMILES string of the molecule is COc1ccc(S(=O)(=O)Nc2ccccc2C(=O)Nc2nc3ccccc3s2)cc1. The number of ether oxygens (including phenoxy) is 1. The van der Waals surface area contributed by atoms with E-state index in [1.165, 1.54) is 36.6 Å². The van der Waals surface area contributed by atoms with Crippen LogP contribution in [-0.4, -0.2) is 26.4 Å². The summed E-state index contributed by atoms with van der Waals surface area (Å²) in [5, 5.41) is 3.18. The van der Waals surface area contributed by atoms with Gasteiger partial charge in [-0.1, -0.05) is 35.6 Å². The summed E-state index contributed by atoms with van der Waals surface area (Å²) in [6, 6.07) is 19.9. The summed E-state index contributed by atoms with van der Waals surface area (Å²) in [5.41, 5.74) is 1.15. The number of carbonyl (C=O) groups excluding carboxylic acids is 1. The lowest BCUT2D eigenvalue weighted by Gasteiger charge is -2.12. The molecule has 1 heterocycles. The highest BCUT2D eigenvalue weighted by Crippen LogP contribution is 2.27. The predicted octanol–water partition coefficient (Wildman–Crippen LogP) is 4.36. The molecule has 4 aromatic rings. The van der Waals surface area contributed by atoms with Gasteiger partial charge in [0.25, 0.3) is 15.9 Å². The molecule has 0 fully saturated rings. The quantitative estimate of drug-likeness (QED) is 0.465. The van der Waals surface area contributed by atoms with Gasteiger partial charge in [-0.3, -0.25) is 14.8 Å². The fraction of sp³-hybridized carbons (Fsp3) is 0.0476. The lowest BCUT2D eigenvalue weighted by atomic mass is 10.2. The van der Waals surface area contributed by atoms with Crippen molar-refractivity contribution in [3.8, 4) is 5.75 Å². The number of methoxy groups -OCH3 is 1. The van der Waals surface area contributed by atoms with Crippen molar-refractivity contribution in [3.63, 3.8) is 0 Å². The standard InChI is InChI=1S/C21H17N3O4S2/c1-28-14-10-12-15(13-11-14)30(26,27)24-17-7-3-2-6-16(17)20(25)23-21-22-18-8-4-5-9-19(18)29-21/h2-13,24H,1H3,(H,22,23,25). The molecule has 0 radical (unpaired) electrons. The summed E-state index contributed by atoms with van der Waals surface area (Å²) >= 11 is 1.35. The molecule has 30 heavy (non-hydrogen) atoms. The van der Waals surface area contributed by atoms with Gasteiger partial charge in [0.2, 0.25) is 0 Å². The van der Waals surface area contributed by atoms with E-state index in [0.717, 1.165) is 10.2 Å². The maximum absolute atomic E-state index is 12.8. The molecule has 152 valence electrons. The third-order valence-electron chi connectivity index (χ3n) is 4.30. The number of fused-ring (bicyclic) bond motifs is 1. The van der Waals surface area contributed by atoms with Crippen LogP contribution in [0.4, 0.5) is 10.8 Å². The van der Waals surface area contributed by atoms with Crippen LogP contribution in [0.3, 0.4) is 0 Å². The fourth-order valence-electron chi connectivity index (χ4n) is 2.82. The molecule has 0 aliphatic rings. The Balaban J connectivity index is 1.59. The van der Waals surface area contributed by atoms with E-state index in [0.29, 0.717) is 10.9 Å². The Morgan fingerprint density at radius 2 is 1.67 bits per heavy atom. The van der Waals surface area contributed by atoms with Gasteiger partial charge in [0.05, 0.1) is 33.5 Å². The summed E-state index contributed by atoms with van der Waals surface area (Å²) in [7, 11) is -2.38. The van der Waals surface area contributed by atoms with Gasteiger partial charge >= 0.3 is 0 Å². The topological polar surface area (TPSA) is 97.4 Å². The Morgan fingerprint density at radius 3 is 2.40 bits per heavy atom. The molecule has 1 aromatic heterocycles. The minimum absolute atomic E-state index is 0.0599. The third kappa shape index (κ3) is 4.12. The van der Waals surface area contributed by atoms with Gasteiger partial charge in [-0.25, -0.2) is 13.4 Å². The van der Waals surface area contributed by atoms with E-state index in [2.05, 4.69) is 15.0 Å². The number of hydrogen-bond donors (Lipinski definition) is 2. The lowest BCUT2D eigenvalue weighted by Crippen LogP contribution is -2.18. The van der Waals surface area contributed by atoms with Gasteiger partial charge in [-0.2, -0.15) is 0 Å². The van der Waals surface area contributed by atoms with Crippen LogP contribution in [0.15, 0.2) is 77.7 Å². The smallest absolute Gasteiger partial charge is 0.261 e. The van der Waals surface area contributed by atoms with Gasteiger partial charge in [0.1, 0.15) is 5.75 Å². The number of amides is 1. The van der Waals surface area contributed by atoms with E-state index in [1.807, 2.05) is 24.3 Å². The van der Waals surface area contributed by atoms with Crippen molar-refractivity contribution in [2.45, 2.75) is 4.90 Å². The molecular formula is C21H17N3O4S2. The zero-order valence-corrected chi connectivity index (χ0v) is 17.5. The molecule has 7 nitrogen and oxygen atoms in total. The van der Waals surface area contributed by atoms with E-state index in [4.69, 9.17) is 4.74 Å². The first-order chi connectivity index (χ1) is 14.5. The van der Waals surface area contributed by atoms with Crippen molar-refractivity contribution >= 4 is 48.3 Å².